The van der Waals surface area contributed by atoms with Gasteiger partial charge < -0.3 is 10.1 Å². The molecule has 0 unspecified atom stereocenters. The summed E-state index contributed by atoms with van der Waals surface area (Å²) in [5.41, 5.74) is 1.92. The van der Waals surface area contributed by atoms with E-state index in [-0.39, 0.29) is 23.4 Å². The van der Waals surface area contributed by atoms with Crippen LogP contribution in [0, 0.1) is 12.7 Å². The SMILES string of the molecule is CCc1c(C)sc(NC(=S)Nc2ncn(Cc3ccccc3F)n2)c1C(=O)OC. The number of halogens is 1. The average Bonchev–Trinajstić information content (AvgIpc) is 3.26. The Balaban J connectivity index is 1.70. The van der Waals surface area contributed by atoms with Crippen LogP contribution in [0.2, 0.25) is 0 Å². The number of nitrogens with zero attached hydrogens (tertiary/aromatic N) is 3. The van der Waals surface area contributed by atoms with Crippen LogP contribution >= 0.6 is 23.6 Å². The molecule has 7 nitrogen and oxygen atoms in total. The molecule has 2 heterocycles. The molecular weight excluding hydrogens is 413 g/mol. The largest absolute Gasteiger partial charge is 0.465 e. The summed E-state index contributed by atoms with van der Waals surface area (Å²) in [7, 11) is 1.35. The summed E-state index contributed by atoms with van der Waals surface area (Å²) in [5.74, 6) is -0.448. The number of esters is 1. The van der Waals surface area contributed by atoms with Crippen molar-refractivity contribution >= 4 is 45.6 Å². The number of thiocarbonyl (C=S) groups is 1. The molecule has 29 heavy (non-hydrogen) atoms. The van der Waals surface area contributed by atoms with E-state index in [9.17, 15) is 9.18 Å². The van der Waals surface area contributed by atoms with Gasteiger partial charge in [-0.1, -0.05) is 25.1 Å². The van der Waals surface area contributed by atoms with Crippen molar-refractivity contribution in [3.63, 3.8) is 0 Å². The number of carbonyl (C=O) groups is 1. The Hall–Kier alpha value is -2.85. The lowest BCUT2D eigenvalue weighted by molar-refractivity contribution is 0.0601. The second kappa shape index (κ2) is 9.10. The lowest BCUT2D eigenvalue weighted by atomic mass is 10.1. The van der Waals surface area contributed by atoms with Gasteiger partial charge in [-0.05, 0) is 37.2 Å². The number of hydrogen-bond donors (Lipinski definition) is 2. The van der Waals surface area contributed by atoms with Crippen molar-refractivity contribution in [3.05, 3.63) is 58.0 Å². The summed E-state index contributed by atoms with van der Waals surface area (Å²) in [6.45, 7) is 4.18. The van der Waals surface area contributed by atoms with E-state index in [1.54, 1.807) is 18.2 Å². The van der Waals surface area contributed by atoms with Crippen molar-refractivity contribution in [2.75, 3.05) is 17.7 Å². The van der Waals surface area contributed by atoms with Crippen LogP contribution in [0.5, 0.6) is 0 Å². The van der Waals surface area contributed by atoms with Crippen LogP contribution in [-0.2, 0) is 17.7 Å². The number of methoxy groups -OCH3 is 1. The highest BCUT2D eigenvalue weighted by molar-refractivity contribution is 7.80. The minimum absolute atomic E-state index is 0.239. The van der Waals surface area contributed by atoms with Crippen molar-refractivity contribution in [1.82, 2.24) is 14.8 Å². The molecule has 0 spiro atoms. The van der Waals surface area contributed by atoms with Crippen LogP contribution in [0.4, 0.5) is 15.3 Å². The van der Waals surface area contributed by atoms with Gasteiger partial charge in [-0.15, -0.1) is 16.4 Å². The Labute approximate surface area is 176 Å². The van der Waals surface area contributed by atoms with Crippen LogP contribution in [0.15, 0.2) is 30.6 Å². The number of hydrogen-bond acceptors (Lipinski definition) is 6. The van der Waals surface area contributed by atoms with E-state index in [0.29, 0.717) is 22.5 Å². The number of carbonyl (C=O) groups excluding carboxylic acids is 1. The van der Waals surface area contributed by atoms with Gasteiger partial charge in [0.1, 0.15) is 17.1 Å². The molecule has 0 amide bonds. The van der Waals surface area contributed by atoms with Gasteiger partial charge >= 0.3 is 5.97 Å². The van der Waals surface area contributed by atoms with Crippen molar-refractivity contribution < 1.29 is 13.9 Å². The van der Waals surface area contributed by atoms with Crippen LogP contribution in [0.3, 0.4) is 0 Å². The number of rotatable bonds is 6. The Kier molecular flexibility index (Phi) is 6.55. The van der Waals surface area contributed by atoms with Gasteiger partial charge in [-0.25, -0.2) is 18.9 Å². The fraction of sp³-hybridized carbons (Fsp3) is 0.263. The van der Waals surface area contributed by atoms with E-state index in [1.807, 2.05) is 13.8 Å². The molecule has 152 valence electrons. The molecule has 10 heteroatoms. The first kappa shape index (κ1) is 20.9. The third kappa shape index (κ3) is 4.77. The van der Waals surface area contributed by atoms with E-state index in [0.717, 1.165) is 10.4 Å². The quantitative estimate of drug-likeness (QED) is 0.449. The van der Waals surface area contributed by atoms with E-state index < -0.39 is 5.97 Å². The summed E-state index contributed by atoms with van der Waals surface area (Å²) < 4.78 is 20.2. The number of aromatic nitrogens is 3. The lowest BCUT2D eigenvalue weighted by Crippen LogP contribution is -2.21. The van der Waals surface area contributed by atoms with Crippen LogP contribution in [0.25, 0.3) is 0 Å². The number of benzene rings is 1. The summed E-state index contributed by atoms with van der Waals surface area (Å²) in [4.78, 5) is 17.4. The third-order valence-electron chi connectivity index (χ3n) is 4.23. The summed E-state index contributed by atoms with van der Waals surface area (Å²) >= 11 is 6.76. The second-order valence-electron chi connectivity index (χ2n) is 6.12. The standard InChI is InChI=1S/C19H20FN5O2S2/c1-4-13-11(2)29-16(15(13)17(26)27-3)22-19(28)23-18-21-10-25(24-18)9-12-7-5-6-8-14(12)20/h5-8,10H,4,9H2,1-3H3,(H2,22,23,24,28). The number of nitrogens with one attached hydrogen (secondary N) is 2. The van der Waals surface area contributed by atoms with Gasteiger partial charge in [0.05, 0.1) is 19.2 Å². The highest BCUT2D eigenvalue weighted by atomic mass is 32.1. The number of thiophene rings is 1. The first-order valence-corrected chi connectivity index (χ1v) is 10.1. The van der Waals surface area contributed by atoms with E-state index >= 15 is 0 Å². The molecule has 0 bridgehead atoms. The Morgan fingerprint density at radius 3 is 2.79 bits per heavy atom. The second-order valence-corrected chi connectivity index (χ2v) is 7.76. The Bertz CT molecular complexity index is 1050. The van der Waals surface area contributed by atoms with Crippen molar-refractivity contribution in [1.29, 1.82) is 0 Å². The third-order valence-corrected chi connectivity index (χ3v) is 5.50. The molecular formula is C19H20FN5O2S2. The van der Waals surface area contributed by atoms with Gasteiger partial charge in [0, 0.05) is 10.4 Å². The molecule has 0 radical (unpaired) electrons. The minimum atomic E-state index is -0.413. The Morgan fingerprint density at radius 2 is 2.10 bits per heavy atom. The smallest absolute Gasteiger partial charge is 0.341 e. The van der Waals surface area contributed by atoms with Gasteiger partial charge in [-0.2, -0.15) is 0 Å². The molecule has 0 saturated heterocycles. The molecule has 0 aliphatic carbocycles. The molecule has 3 aromatic rings. The zero-order chi connectivity index (χ0) is 21.0. The topological polar surface area (TPSA) is 81.1 Å². The summed E-state index contributed by atoms with van der Waals surface area (Å²) in [5, 5.41) is 11.0. The molecule has 2 aromatic heterocycles. The van der Waals surface area contributed by atoms with Gasteiger partial charge in [0.15, 0.2) is 5.11 Å². The maximum atomic E-state index is 13.8. The minimum Gasteiger partial charge on any atom is -0.465 e. The molecule has 1 aromatic carbocycles. The molecule has 2 N–H and O–H groups in total. The first-order valence-electron chi connectivity index (χ1n) is 8.84. The Morgan fingerprint density at radius 1 is 1.34 bits per heavy atom. The van der Waals surface area contributed by atoms with Gasteiger partial charge in [0.2, 0.25) is 5.95 Å². The molecule has 0 atom stereocenters. The van der Waals surface area contributed by atoms with Crippen molar-refractivity contribution in [3.8, 4) is 0 Å². The monoisotopic (exact) mass is 433 g/mol. The van der Waals surface area contributed by atoms with Crippen LogP contribution in [-0.4, -0.2) is 33.0 Å². The summed E-state index contributed by atoms with van der Waals surface area (Å²) in [6, 6.07) is 6.49. The molecule has 3 rings (SSSR count). The maximum Gasteiger partial charge on any atom is 0.341 e. The average molecular weight is 434 g/mol. The van der Waals surface area contributed by atoms with Crippen molar-refractivity contribution in [2.45, 2.75) is 26.8 Å². The lowest BCUT2D eigenvalue weighted by Gasteiger charge is -2.09. The highest BCUT2D eigenvalue weighted by Crippen LogP contribution is 2.34. The normalized spacial score (nSPS) is 10.6. The number of aryl methyl sites for hydroxylation is 1. The zero-order valence-electron chi connectivity index (χ0n) is 16.2. The molecule has 0 fully saturated rings. The predicted molar refractivity (Wildman–Crippen MR) is 115 cm³/mol. The number of ether oxygens (including phenoxy) is 1. The van der Waals surface area contributed by atoms with Gasteiger partial charge in [0.25, 0.3) is 0 Å². The fourth-order valence-electron chi connectivity index (χ4n) is 2.88. The molecule has 0 aliphatic heterocycles. The fourth-order valence-corrected chi connectivity index (χ4v) is 4.27. The van der Waals surface area contributed by atoms with E-state index in [2.05, 4.69) is 20.7 Å². The van der Waals surface area contributed by atoms with E-state index in [4.69, 9.17) is 17.0 Å². The predicted octanol–water partition coefficient (Wildman–Crippen LogP) is 3.99. The maximum absolute atomic E-state index is 13.8. The highest BCUT2D eigenvalue weighted by Gasteiger charge is 2.22. The summed E-state index contributed by atoms with van der Waals surface area (Å²) in [6.07, 6.45) is 2.19. The molecule has 0 saturated carbocycles. The zero-order valence-corrected chi connectivity index (χ0v) is 17.8. The number of anilines is 2. The van der Waals surface area contributed by atoms with Gasteiger partial charge in [-0.3, -0.25) is 5.32 Å². The molecule has 0 aliphatic rings. The van der Waals surface area contributed by atoms with E-state index in [1.165, 1.54) is 35.5 Å². The van der Waals surface area contributed by atoms with Crippen LogP contribution < -0.4 is 10.6 Å². The van der Waals surface area contributed by atoms with Crippen molar-refractivity contribution in [2.24, 2.45) is 0 Å². The van der Waals surface area contributed by atoms with Crippen LogP contribution in [0.1, 0.15) is 33.3 Å². The first-order chi connectivity index (χ1) is 13.9.